The lowest BCUT2D eigenvalue weighted by Gasteiger charge is -2.07. The molecule has 4 aromatic rings. The van der Waals surface area contributed by atoms with Gasteiger partial charge in [-0.15, -0.1) is 11.3 Å². The van der Waals surface area contributed by atoms with Gasteiger partial charge in [0.1, 0.15) is 0 Å². The Morgan fingerprint density at radius 1 is 1.23 bits per heavy atom. The zero-order chi connectivity index (χ0) is 18.1. The molecule has 3 heterocycles. The Morgan fingerprint density at radius 3 is 2.92 bits per heavy atom. The molecule has 0 spiro atoms. The highest BCUT2D eigenvalue weighted by Gasteiger charge is 2.18. The van der Waals surface area contributed by atoms with Crippen molar-refractivity contribution in [2.24, 2.45) is 0 Å². The van der Waals surface area contributed by atoms with Crippen molar-refractivity contribution in [1.29, 1.82) is 0 Å². The number of carbonyl (C=O) groups is 1. The van der Waals surface area contributed by atoms with Crippen molar-refractivity contribution in [2.45, 2.75) is 13.8 Å². The first kappa shape index (κ1) is 16.4. The first-order valence-electron chi connectivity index (χ1n) is 8.20. The number of nitrogens with zero attached hydrogens (tertiary/aromatic N) is 4. The van der Waals surface area contributed by atoms with Gasteiger partial charge in [0, 0.05) is 11.3 Å². The van der Waals surface area contributed by atoms with Crippen LogP contribution < -0.4 is 0 Å². The van der Waals surface area contributed by atoms with Crippen molar-refractivity contribution in [3.63, 3.8) is 0 Å². The number of thiazole rings is 1. The first-order chi connectivity index (χ1) is 12.7. The number of esters is 1. The molecule has 26 heavy (non-hydrogen) atoms. The fraction of sp³-hybridized carbons (Fsp3) is 0.158. The van der Waals surface area contributed by atoms with Crippen LogP contribution in [0.25, 0.3) is 27.3 Å². The van der Waals surface area contributed by atoms with Crippen LogP contribution in [0.1, 0.15) is 23.1 Å². The van der Waals surface area contributed by atoms with Crippen LogP contribution in [0, 0.1) is 6.92 Å². The highest BCUT2D eigenvalue weighted by Crippen LogP contribution is 2.28. The third-order valence-corrected chi connectivity index (χ3v) is 4.70. The molecule has 0 fully saturated rings. The predicted molar refractivity (Wildman–Crippen MR) is 101 cm³/mol. The average molecular weight is 364 g/mol. The Labute approximate surface area is 154 Å². The lowest BCUT2D eigenvalue weighted by molar-refractivity contribution is 0.0519. The number of hydrogen-bond donors (Lipinski definition) is 0. The zero-order valence-electron chi connectivity index (χ0n) is 14.3. The third kappa shape index (κ3) is 2.97. The second kappa shape index (κ2) is 6.68. The third-order valence-electron chi connectivity index (χ3n) is 3.91. The molecule has 1 aromatic carbocycles. The molecule has 0 radical (unpaired) electrons. The Kier molecular flexibility index (Phi) is 4.22. The maximum absolute atomic E-state index is 12.2. The van der Waals surface area contributed by atoms with Crippen LogP contribution in [0.15, 0.2) is 48.0 Å². The van der Waals surface area contributed by atoms with Crippen molar-refractivity contribution in [3.8, 4) is 17.1 Å². The van der Waals surface area contributed by atoms with Gasteiger partial charge in [-0.2, -0.15) is 5.10 Å². The fourth-order valence-electron chi connectivity index (χ4n) is 2.73. The van der Waals surface area contributed by atoms with Gasteiger partial charge >= 0.3 is 5.97 Å². The van der Waals surface area contributed by atoms with Crippen molar-refractivity contribution < 1.29 is 9.53 Å². The largest absolute Gasteiger partial charge is 0.461 e. The van der Waals surface area contributed by atoms with Gasteiger partial charge in [-0.05, 0) is 44.2 Å². The van der Waals surface area contributed by atoms with Gasteiger partial charge in [0.25, 0.3) is 0 Å². The summed E-state index contributed by atoms with van der Waals surface area (Å²) in [6.07, 6.45) is 0. The lowest BCUT2D eigenvalue weighted by atomic mass is 10.1. The van der Waals surface area contributed by atoms with Crippen LogP contribution in [0.4, 0.5) is 0 Å². The number of hydrogen-bond acceptors (Lipinski definition) is 6. The van der Waals surface area contributed by atoms with E-state index in [1.54, 1.807) is 29.0 Å². The predicted octanol–water partition coefficient (Wildman–Crippen LogP) is 4.03. The highest BCUT2D eigenvalue weighted by molar-refractivity contribution is 7.16. The van der Waals surface area contributed by atoms with Crippen LogP contribution in [0.2, 0.25) is 0 Å². The van der Waals surface area contributed by atoms with Crippen molar-refractivity contribution in [2.75, 3.05) is 6.61 Å². The molecule has 4 rings (SSSR count). The quantitative estimate of drug-likeness (QED) is 0.511. The summed E-state index contributed by atoms with van der Waals surface area (Å²) < 4.78 is 7.86. The molecule has 0 unspecified atom stereocenters. The van der Waals surface area contributed by atoms with Crippen LogP contribution in [0.5, 0.6) is 0 Å². The van der Waals surface area contributed by atoms with E-state index in [2.05, 4.69) is 15.1 Å². The monoisotopic (exact) mass is 364 g/mol. The van der Waals surface area contributed by atoms with E-state index in [0.717, 1.165) is 27.2 Å². The van der Waals surface area contributed by atoms with Crippen molar-refractivity contribution in [1.82, 2.24) is 19.7 Å². The maximum atomic E-state index is 12.2. The minimum atomic E-state index is -0.445. The average Bonchev–Trinajstić information content (AvgIpc) is 3.28. The van der Waals surface area contributed by atoms with Crippen LogP contribution in [-0.2, 0) is 4.74 Å². The molecule has 0 bridgehead atoms. The summed E-state index contributed by atoms with van der Waals surface area (Å²) in [4.78, 5) is 21.0. The van der Waals surface area contributed by atoms with E-state index in [9.17, 15) is 4.79 Å². The molecule has 0 saturated heterocycles. The first-order valence-corrected chi connectivity index (χ1v) is 9.08. The minimum Gasteiger partial charge on any atom is -0.461 e. The number of carbonyl (C=O) groups excluding carboxylic acids is 1. The van der Waals surface area contributed by atoms with Crippen LogP contribution in [-0.4, -0.2) is 32.3 Å². The van der Waals surface area contributed by atoms with E-state index in [1.807, 2.05) is 48.8 Å². The molecule has 6 nitrogen and oxygen atoms in total. The Hall–Kier alpha value is -3.06. The van der Waals surface area contributed by atoms with E-state index in [4.69, 9.17) is 4.74 Å². The maximum Gasteiger partial charge on any atom is 0.358 e. The minimum absolute atomic E-state index is 0.259. The van der Waals surface area contributed by atoms with Crippen LogP contribution >= 0.6 is 11.3 Å². The molecule has 0 N–H and O–H groups in total. The van der Waals surface area contributed by atoms with E-state index < -0.39 is 5.97 Å². The molecule has 0 aliphatic heterocycles. The number of ether oxygens (including phenoxy) is 1. The van der Waals surface area contributed by atoms with Gasteiger partial charge in [-0.25, -0.2) is 19.4 Å². The lowest BCUT2D eigenvalue weighted by Crippen LogP contribution is -2.07. The topological polar surface area (TPSA) is 69.9 Å². The number of rotatable bonds is 4. The Balaban J connectivity index is 1.89. The molecule has 0 aliphatic carbocycles. The van der Waals surface area contributed by atoms with E-state index in [1.165, 1.54) is 0 Å². The van der Waals surface area contributed by atoms with Crippen molar-refractivity contribution in [3.05, 3.63) is 59.4 Å². The molecule has 0 aliphatic rings. The molecular formula is C19H16N4O2S. The van der Waals surface area contributed by atoms with Gasteiger partial charge in [-0.1, -0.05) is 12.1 Å². The Morgan fingerprint density at radius 2 is 2.12 bits per heavy atom. The number of fused-ring (bicyclic) bond motifs is 1. The molecule has 0 saturated carbocycles. The van der Waals surface area contributed by atoms with Crippen LogP contribution in [0.3, 0.4) is 0 Å². The normalized spacial score (nSPS) is 11.0. The summed E-state index contributed by atoms with van der Waals surface area (Å²) in [5, 5.41) is 4.45. The molecule has 7 heteroatoms. The molecule has 0 atom stereocenters. The second-order valence-corrected chi connectivity index (χ2v) is 6.61. The smallest absolute Gasteiger partial charge is 0.358 e. The molecule has 3 aromatic heterocycles. The fourth-order valence-corrected chi connectivity index (χ4v) is 3.44. The summed E-state index contributed by atoms with van der Waals surface area (Å²) in [6, 6.07) is 13.4. The SMILES string of the molecule is CCOC(=O)c1cc(-c2ccc3ncsc3c2)n(-c2cccc(C)n2)n1. The van der Waals surface area contributed by atoms with E-state index in [0.29, 0.717) is 12.4 Å². The number of aryl methyl sites for hydroxylation is 1. The van der Waals surface area contributed by atoms with Gasteiger partial charge in [0.15, 0.2) is 11.5 Å². The molecule has 130 valence electrons. The van der Waals surface area contributed by atoms with Gasteiger partial charge in [-0.3, -0.25) is 0 Å². The summed E-state index contributed by atoms with van der Waals surface area (Å²) >= 11 is 1.57. The zero-order valence-corrected chi connectivity index (χ0v) is 15.2. The Bertz CT molecular complexity index is 1100. The van der Waals surface area contributed by atoms with Gasteiger partial charge in [0.05, 0.1) is 28.0 Å². The number of aromatic nitrogens is 4. The number of pyridine rings is 1. The summed E-state index contributed by atoms with van der Waals surface area (Å²) in [5.74, 6) is 0.207. The summed E-state index contributed by atoms with van der Waals surface area (Å²) in [5.41, 5.74) is 5.62. The number of benzene rings is 1. The van der Waals surface area contributed by atoms with E-state index >= 15 is 0 Å². The molecule has 0 amide bonds. The summed E-state index contributed by atoms with van der Waals surface area (Å²) in [7, 11) is 0. The summed E-state index contributed by atoms with van der Waals surface area (Å²) in [6.45, 7) is 3.99. The van der Waals surface area contributed by atoms with Crippen molar-refractivity contribution >= 4 is 27.5 Å². The second-order valence-electron chi connectivity index (χ2n) is 5.72. The highest BCUT2D eigenvalue weighted by atomic mass is 32.1. The van der Waals surface area contributed by atoms with E-state index in [-0.39, 0.29) is 5.69 Å². The standard InChI is InChI=1S/C19H16N4O2S/c1-3-25-19(24)15-10-16(13-7-8-14-17(9-13)26-11-20-14)23(22-15)18-6-4-5-12(2)21-18/h4-11H,3H2,1-2H3. The van der Waals surface area contributed by atoms with Gasteiger partial charge in [0.2, 0.25) is 0 Å². The van der Waals surface area contributed by atoms with Gasteiger partial charge < -0.3 is 4.74 Å². The molecular weight excluding hydrogens is 348 g/mol.